The van der Waals surface area contributed by atoms with E-state index in [-0.39, 0.29) is 0 Å². The van der Waals surface area contributed by atoms with Gasteiger partial charge in [-0.2, -0.15) is 0 Å². The number of nitrogens with zero attached hydrogens (tertiary/aromatic N) is 4. The fourth-order valence-electron chi connectivity index (χ4n) is 4.33. The standard InChI is InChI=1S/C27H31N5O2/c1-31-12-3-2-4-15-34-24-7-5-6-21(19-24)25-10-11-28-27(30-25)29-23-8-9-26(22(18-23)20-31)32-13-16-33-17-14-32/h2-3,5-11,18-19H,4,12-17,20H2,1H3,(H,28,29,30)/b3-2+. The second-order valence-corrected chi connectivity index (χ2v) is 8.67. The molecule has 2 aliphatic heterocycles. The van der Waals surface area contributed by atoms with Crippen molar-refractivity contribution in [3.8, 4) is 17.0 Å². The van der Waals surface area contributed by atoms with Gasteiger partial charge in [0.25, 0.3) is 0 Å². The van der Waals surface area contributed by atoms with E-state index in [0.29, 0.717) is 12.6 Å². The molecule has 1 saturated heterocycles. The summed E-state index contributed by atoms with van der Waals surface area (Å²) in [6.07, 6.45) is 7.07. The number of fused-ring (bicyclic) bond motifs is 7. The predicted octanol–water partition coefficient (Wildman–Crippen LogP) is 4.49. The van der Waals surface area contributed by atoms with E-state index in [0.717, 1.165) is 68.5 Å². The number of hydrogen-bond donors (Lipinski definition) is 1. The molecule has 0 unspecified atom stereocenters. The van der Waals surface area contributed by atoms with Crippen LogP contribution in [-0.2, 0) is 11.3 Å². The number of nitrogens with one attached hydrogen (secondary N) is 1. The number of aromatic nitrogens is 2. The summed E-state index contributed by atoms with van der Waals surface area (Å²) in [6, 6.07) is 16.5. The third kappa shape index (κ3) is 5.55. The highest BCUT2D eigenvalue weighted by Gasteiger charge is 2.16. The van der Waals surface area contributed by atoms with Crippen molar-refractivity contribution in [2.45, 2.75) is 13.0 Å². The van der Waals surface area contributed by atoms with Gasteiger partial charge in [0.15, 0.2) is 0 Å². The molecule has 0 aliphatic carbocycles. The molecular weight excluding hydrogens is 426 g/mol. The number of benzene rings is 2. The Kier molecular flexibility index (Phi) is 7.02. The van der Waals surface area contributed by atoms with E-state index in [9.17, 15) is 0 Å². The highest BCUT2D eigenvalue weighted by molar-refractivity contribution is 5.66. The van der Waals surface area contributed by atoms with E-state index in [2.05, 4.69) is 57.5 Å². The molecule has 7 heteroatoms. The minimum absolute atomic E-state index is 0.575. The first-order valence-corrected chi connectivity index (χ1v) is 11.9. The van der Waals surface area contributed by atoms with Crippen LogP contribution in [0, 0.1) is 0 Å². The van der Waals surface area contributed by atoms with Gasteiger partial charge in [-0.05, 0) is 55.4 Å². The first-order valence-electron chi connectivity index (χ1n) is 11.9. The predicted molar refractivity (Wildman–Crippen MR) is 136 cm³/mol. The minimum atomic E-state index is 0.575. The van der Waals surface area contributed by atoms with E-state index in [4.69, 9.17) is 14.5 Å². The van der Waals surface area contributed by atoms with Gasteiger partial charge >= 0.3 is 0 Å². The lowest BCUT2D eigenvalue weighted by Crippen LogP contribution is -2.37. The van der Waals surface area contributed by atoms with Crippen molar-refractivity contribution in [3.05, 3.63) is 72.4 Å². The van der Waals surface area contributed by atoms with Crippen LogP contribution in [0.15, 0.2) is 66.9 Å². The highest BCUT2D eigenvalue weighted by Crippen LogP contribution is 2.28. The molecule has 0 atom stereocenters. The molecule has 5 rings (SSSR count). The van der Waals surface area contributed by atoms with E-state index in [1.54, 1.807) is 6.20 Å². The third-order valence-electron chi connectivity index (χ3n) is 6.05. The average Bonchev–Trinajstić information content (AvgIpc) is 2.87. The van der Waals surface area contributed by atoms with Gasteiger partial charge in [-0.25, -0.2) is 9.97 Å². The van der Waals surface area contributed by atoms with Gasteiger partial charge in [-0.15, -0.1) is 0 Å². The normalized spacial score (nSPS) is 18.2. The smallest absolute Gasteiger partial charge is 0.227 e. The summed E-state index contributed by atoms with van der Waals surface area (Å²) in [7, 11) is 2.15. The molecule has 7 nitrogen and oxygen atoms in total. The maximum Gasteiger partial charge on any atom is 0.227 e. The molecule has 6 bridgehead atoms. The maximum atomic E-state index is 5.97. The Morgan fingerprint density at radius 2 is 1.88 bits per heavy atom. The van der Waals surface area contributed by atoms with Crippen molar-refractivity contribution in [1.82, 2.24) is 14.9 Å². The summed E-state index contributed by atoms with van der Waals surface area (Å²) < 4.78 is 11.5. The van der Waals surface area contributed by atoms with Gasteiger partial charge in [0.1, 0.15) is 5.75 Å². The molecule has 34 heavy (non-hydrogen) atoms. The fraction of sp³-hybridized carbons (Fsp3) is 0.333. The van der Waals surface area contributed by atoms with Crippen molar-refractivity contribution in [3.63, 3.8) is 0 Å². The Bertz CT molecular complexity index is 1140. The third-order valence-corrected chi connectivity index (χ3v) is 6.05. The quantitative estimate of drug-likeness (QED) is 0.540. The van der Waals surface area contributed by atoms with Crippen molar-refractivity contribution in [2.24, 2.45) is 0 Å². The monoisotopic (exact) mass is 457 g/mol. The van der Waals surface area contributed by atoms with Gasteiger partial charge in [-0.3, -0.25) is 4.90 Å². The second kappa shape index (κ2) is 10.7. The van der Waals surface area contributed by atoms with E-state index in [1.807, 2.05) is 30.3 Å². The molecule has 3 heterocycles. The summed E-state index contributed by atoms with van der Waals surface area (Å²) in [5.41, 5.74) is 5.37. The first-order chi connectivity index (χ1) is 16.7. The van der Waals surface area contributed by atoms with Gasteiger partial charge in [-0.1, -0.05) is 24.3 Å². The van der Waals surface area contributed by atoms with Gasteiger partial charge in [0, 0.05) is 49.3 Å². The maximum absolute atomic E-state index is 5.97. The number of morpholine rings is 1. The van der Waals surface area contributed by atoms with E-state index < -0.39 is 0 Å². The zero-order valence-corrected chi connectivity index (χ0v) is 19.6. The number of likely N-dealkylation sites (N-methyl/N-ethyl adjacent to an activating group) is 1. The first kappa shape index (κ1) is 22.4. The zero-order valence-electron chi connectivity index (χ0n) is 19.6. The molecule has 0 saturated carbocycles. The summed E-state index contributed by atoms with van der Waals surface area (Å²) in [5, 5.41) is 3.41. The summed E-state index contributed by atoms with van der Waals surface area (Å²) in [6.45, 7) is 5.71. The number of ether oxygens (including phenoxy) is 2. The van der Waals surface area contributed by atoms with Gasteiger partial charge in [0.2, 0.25) is 5.95 Å². The minimum Gasteiger partial charge on any atom is -0.493 e. The van der Waals surface area contributed by atoms with Crippen LogP contribution in [0.4, 0.5) is 17.3 Å². The van der Waals surface area contributed by atoms with Gasteiger partial charge in [0.05, 0.1) is 25.5 Å². The highest BCUT2D eigenvalue weighted by atomic mass is 16.5. The molecule has 0 spiro atoms. The average molecular weight is 458 g/mol. The Morgan fingerprint density at radius 3 is 2.79 bits per heavy atom. The Hall–Kier alpha value is -3.42. The molecule has 1 fully saturated rings. The lowest BCUT2D eigenvalue weighted by Gasteiger charge is -2.31. The van der Waals surface area contributed by atoms with Crippen LogP contribution in [0.3, 0.4) is 0 Å². The summed E-state index contributed by atoms with van der Waals surface area (Å²) in [5.74, 6) is 1.42. The van der Waals surface area contributed by atoms with Crippen molar-refractivity contribution in [1.29, 1.82) is 0 Å². The second-order valence-electron chi connectivity index (χ2n) is 8.67. The van der Waals surface area contributed by atoms with E-state index in [1.165, 1.54) is 11.3 Å². The van der Waals surface area contributed by atoms with Gasteiger partial charge < -0.3 is 19.7 Å². The molecule has 0 amide bonds. The van der Waals surface area contributed by atoms with Crippen LogP contribution in [0.1, 0.15) is 12.0 Å². The molecule has 2 aliphatic rings. The molecule has 1 N–H and O–H groups in total. The van der Waals surface area contributed by atoms with Crippen molar-refractivity contribution in [2.75, 3.05) is 56.7 Å². The molecule has 3 aromatic rings. The Balaban J connectivity index is 1.49. The number of hydrogen-bond acceptors (Lipinski definition) is 7. The van der Waals surface area contributed by atoms with E-state index >= 15 is 0 Å². The zero-order chi connectivity index (χ0) is 23.2. The molecule has 1 aromatic heterocycles. The molecule has 0 radical (unpaired) electrons. The van der Waals surface area contributed by atoms with Crippen LogP contribution in [0.25, 0.3) is 11.3 Å². The Labute approximate surface area is 201 Å². The number of anilines is 3. The van der Waals surface area contributed by atoms with Crippen LogP contribution in [0.5, 0.6) is 5.75 Å². The van der Waals surface area contributed by atoms with Crippen LogP contribution >= 0.6 is 0 Å². The van der Waals surface area contributed by atoms with Crippen LogP contribution in [0.2, 0.25) is 0 Å². The fourth-order valence-corrected chi connectivity index (χ4v) is 4.33. The van der Waals surface area contributed by atoms with Crippen LogP contribution < -0.4 is 15.0 Å². The molecule has 2 aromatic carbocycles. The topological polar surface area (TPSA) is 62.8 Å². The van der Waals surface area contributed by atoms with Crippen LogP contribution in [-0.4, -0.2) is 61.4 Å². The SMILES string of the molecule is CN1C/C=C/CCOc2cccc(c2)-c2ccnc(n2)Nc2ccc(N3CCOCC3)c(c2)C1. The Morgan fingerprint density at radius 1 is 0.971 bits per heavy atom. The van der Waals surface area contributed by atoms with Crippen molar-refractivity contribution < 1.29 is 9.47 Å². The number of rotatable bonds is 1. The molecule has 176 valence electrons. The largest absolute Gasteiger partial charge is 0.493 e. The lowest BCUT2D eigenvalue weighted by molar-refractivity contribution is 0.122. The lowest BCUT2D eigenvalue weighted by atomic mass is 10.1. The molecular formula is C27H31N5O2. The summed E-state index contributed by atoms with van der Waals surface area (Å²) >= 11 is 0. The van der Waals surface area contributed by atoms with Crippen molar-refractivity contribution >= 4 is 17.3 Å². The summed E-state index contributed by atoms with van der Waals surface area (Å²) in [4.78, 5) is 14.0.